The Labute approximate surface area is 198 Å². The first kappa shape index (κ1) is 23.1. The number of aromatic hydroxyl groups is 1. The molecule has 2 aromatic rings. The maximum Gasteiger partial charge on any atom is 0.294 e. The highest BCUT2D eigenvalue weighted by atomic mass is 127. The summed E-state index contributed by atoms with van der Waals surface area (Å²) >= 11 is 2.74. The van der Waals surface area contributed by atoms with Gasteiger partial charge in [0.05, 0.1) is 15.1 Å². The minimum Gasteiger partial charge on any atom is -0.504 e. The van der Waals surface area contributed by atoms with Gasteiger partial charge in [0.25, 0.3) is 11.1 Å². The van der Waals surface area contributed by atoms with Crippen molar-refractivity contribution >= 4 is 63.2 Å². The summed E-state index contributed by atoms with van der Waals surface area (Å²) in [4.78, 5) is 38.5. The molecular weight excluding hydrogens is 531 g/mol. The molecule has 0 unspecified atom stereocenters. The third kappa shape index (κ3) is 5.59. The molecule has 2 aromatic carbocycles. The number of benzene rings is 2. The van der Waals surface area contributed by atoms with Crippen LogP contribution < -0.4 is 10.1 Å². The van der Waals surface area contributed by atoms with Crippen molar-refractivity contribution < 1.29 is 24.2 Å². The zero-order valence-corrected chi connectivity index (χ0v) is 20.0. The highest BCUT2D eigenvalue weighted by Crippen LogP contribution is 2.36. The largest absolute Gasteiger partial charge is 0.504 e. The number of carbonyl (C=O) groups is 3. The molecule has 1 aliphatic rings. The fourth-order valence-electron chi connectivity index (χ4n) is 2.90. The monoisotopic (exact) mass is 552 g/mol. The van der Waals surface area contributed by atoms with Gasteiger partial charge in [-0.25, -0.2) is 0 Å². The zero-order valence-electron chi connectivity index (χ0n) is 17.0. The van der Waals surface area contributed by atoms with Crippen LogP contribution in [0.25, 0.3) is 6.08 Å². The van der Waals surface area contributed by atoms with Gasteiger partial charge in [-0.05, 0) is 89.2 Å². The van der Waals surface area contributed by atoms with E-state index < -0.39 is 17.1 Å². The Morgan fingerprint density at radius 3 is 2.58 bits per heavy atom. The van der Waals surface area contributed by atoms with E-state index >= 15 is 0 Å². The summed E-state index contributed by atoms with van der Waals surface area (Å²) in [6.07, 6.45) is 2.44. The maximum atomic E-state index is 12.7. The molecule has 0 spiro atoms. The van der Waals surface area contributed by atoms with Crippen LogP contribution in [0.15, 0.2) is 41.3 Å². The number of amides is 3. The van der Waals surface area contributed by atoms with Crippen molar-refractivity contribution in [2.45, 2.75) is 20.3 Å². The molecule has 3 amide bonds. The molecule has 0 saturated carbocycles. The molecule has 7 nitrogen and oxygen atoms in total. The summed E-state index contributed by atoms with van der Waals surface area (Å²) in [7, 11) is 0. The molecule has 162 valence electrons. The van der Waals surface area contributed by atoms with Gasteiger partial charge in [0.15, 0.2) is 11.5 Å². The molecule has 1 saturated heterocycles. The van der Waals surface area contributed by atoms with Crippen LogP contribution in [0.2, 0.25) is 0 Å². The van der Waals surface area contributed by atoms with E-state index in [0.29, 0.717) is 27.2 Å². The minimum atomic E-state index is -0.535. The molecule has 0 aliphatic carbocycles. The Kier molecular flexibility index (Phi) is 7.60. The van der Waals surface area contributed by atoms with Crippen molar-refractivity contribution in [3.8, 4) is 11.5 Å². The van der Waals surface area contributed by atoms with Crippen LogP contribution in [-0.4, -0.2) is 40.2 Å². The predicted molar refractivity (Wildman–Crippen MR) is 129 cm³/mol. The average Bonchev–Trinajstić information content (AvgIpc) is 2.99. The van der Waals surface area contributed by atoms with E-state index in [1.54, 1.807) is 37.3 Å². The summed E-state index contributed by atoms with van der Waals surface area (Å²) in [6.45, 7) is 3.85. The Morgan fingerprint density at radius 2 is 1.94 bits per heavy atom. The van der Waals surface area contributed by atoms with Gasteiger partial charge >= 0.3 is 0 Å². The second-order valence-electron chi connectivity index (χ2n) is 6.65. The lowest BCUT2D eigenvalue weighted by molar-refractivity contribution is -0.127. The number of nitrogens with one attached hydrogen (secondary N) is 1. The molecule has 9 heteroatoms. The average molecular weight is 552 g/mol. The van der Waals surface area contributed by atoms with Crippen LogP contribution in [-0.2, 0) is 16.0 Å². The van der Waals surface area contributed by atoms with Gasteiger partial charge in [-0.2, -0.15) is 0 Å². The van der Waals surface area contributed by atoms with E-state index in [1.165, 1.54) is 0 Å². The normalized spacial score (nSPS) is 14.9. The van der Waals surface area contributed by atoms with Gasteiger partial charge in [0.2, 0.25) is 5.91 Å². The van der Waals surface area contributed by atoms with Gasteiger partial charge in [-0.1, -0.05) is 19.1 Å². The first-order valence-electron chi connectivity index (χ1n) is 9.61. The van der Waals surface area contributed by atoms with Crippen LogP contribution in [0.1, 0.15) is 25.0 Å². The second-order valence-corrected chi connectivity index (χ2v) is 8.80. The molecule has 0 bridgehead atoms. The van der Waals surface area contributed by atoms with Crippen molar-refractivity contribution in [2.24, 2.45) is 0 Å². The molecule has 3 rings (SSSR count). The fourth-order valence-corrected chi connectivity index (χ4v) is 4.36. The summed E-state index contributed by atoms with van der Waals surface area (Å²) < 4.78 is 5.97. The predicted octanol–water partition coefficient (Wildman–Crippen LogP) is 4.63. The minimum absolute atomic E-state index is 0.0244. The number of halogens is 1. The highest BCUT2D eigenvalue weighted by Gasteiger charge is 2.36. The molecular formula is C22H21IN2O5S. The van der Waals surface area contributed by atoms with Crippen LogP contribution in [0, 0.1) is 3.57 Å². The number of thioether (sulfide) groups is 1. The zero-order chi connectivity index (χ0) is 22.5. The fraction of sp³-hybridized carbons (Fsp3) is 0.227. The van der Waals surface area contributed by atoms with Crippen molar-refractivity contribution in [3.05, 3.63) is 56.0 Å². The first-order valence-corrected chi connectivity index (χ1v) is 11.5. The third-order valence-electron chi connectivity index (χ3n) is 4.47. The van der Waals surface area contributed by atoms with Crippen molar-refractivity contribution in [1.82, 2.24) is 4.90 Å². The Morgan fingerprint density at radius 1 is 1.23 bits per heavy atom. The second kappa shape index (κ2) is 10.2. The topological polar surface area (TPSA) is 95.9 Å². The molecule has 1 aliphatic heterocycles. The Bertz CT molecular complexity index is 1050. The molecule has 0 atom stereocenters. The third-order valence-corrected chi connectivity index (χ3v) is 6.20. The van der Waals surface area contributed by atoms with E-state index in [2.05, 4.69) is 5.32 Å². The smallest absolute Gasteiger partial charge is 0.294 e. The lowest BCUT2D eigenvalue weighted by Crippen LogP contribution is -2.36. The molecule has 1 fully saturated rings. The summed E-state index contributed by atoms with van der Waals surface area (Å²) in [5.41, 5.74) is 2.36. The van der Waals surface area contributed by atoms with Gasteiger partial charge in [-0.15, -0.1) is 0 Å². The van der Waals surface area contributed by atoms with Crippen LogP contribution in [0.3, 0.4) is 0 Å². The van der Waals surface area contributed by atoms with Crippen LogP contribution in [0.4, 0.5) is 10.5 Å². The number of nitrogens with zero attached hydrogens (tertiary/aromatic N) is 1. The first-order chi connectivity index (χ1) is 14.8. The lowest BCUT2D eigenvalue weighted by atomic mass is 10.1. The van der Waals surface area contributed by atoms with Gasteiger partial charge in [0.1, 0.15) is 6.54 Å². The number of aryl methyl sites for hydroxylation is 1. The SMILES string of the molecule is CCOc1cc(/C=C2/SC(=O)N(CC(=O)Nc3ccc(CC)cc3)C2=O)cc(I)c1O. The van der Waals surface area contributed by atoms with E-state index in [-0.39, 0.29) is 17.2 Å². The molecule has 2 N–H and O–H groups in total. The molecule has 31 heavy (non-hydrogen) atoms. The number of phenolic OH excluding ortho intramolecular Hbond substituents is 1. The molecule has 1 heterocycles. The maximum absolute atomic E-state index is 12.7. The number of phenols is 1. The van der Waals surface area contributed by atoms with Gasteiger partial charge in [-0.3, -0.25) is 19.3 Å². The number of imide groups is 1. The number of rotatable bonds is 7. The van der Waals surface area contributed by atoms with E-state index in [9.17, 15) is 19.5 Å². The van der Waals surface area contributed by atoms with Crippen molar-refractivity contribution in [3.63, 3.8) is 0 Å². The van der Waals surface area contributed by atoms with E-state index in [1.807, 2.05) is 41.6 Å². The van der Waals surface area contributed by atoms with Crippen molar-refractivity contribution in [2.75, 3.05) is 18.5 Å². The van der Waals surface area contributed by atoms with Crippen molar-refractivity contribution in [1.29, 1.82) is 0 Å². The number of ether oxygens (including phenoxy) is 1. The molecule has 0 aromatic heterocycles. The van der Waals surface area contributed by atoms with Gasteiger partial charge in [0, 0.05) is 5.69 Å². The van der Waals surface area contributed by atoms with E-state index in [0.717, 1.165) is 28.6 Å². The highest BCUT2D eigenvalue weighted by molar-refractivity contribution is 14.1. The van der Waals surface area contributed by atoms with Gasteiger partial charge < -0.3 is 15.2 Å². The van der Waals surface area contributed by atoms with Crippen LogP contribution >= 0.6 is 34.4 Å². The molecule has 0 radical (unpaired) electrons. The number of hydrogen-bond donors (Lipinski definition) is 2. The summed E-state index contributed by atoms with van der Waals surface area (Å²) in [6, 6.07) is 10.7. The summed E-state index contributed by atoms with van der Waals surface area (Å²) in [5.74, 6) is -0.664. The quantitative estimate of drug-likeness (QED) is 0.384. The Balaban J connectivity index is 1.72. The standard InChI is InChI=1S/C22H21IN2O5S/c1-3-13-5-7-15(8-6-13)24-19(26)12-25-21(28)18(31-22(25)29)11-14-9-16(23)20(27)17(10-14)30-4-2/h5-11,27H,3-4,12H2,1-2H3,(H,24,26)/b18-11+. The summed E-state index contributed by atoms with van der Waals surface area (Å²) in [5, 5.41) is 12.3. The number of carbonyl (C=O) groups excluding carboxylic acids is 3. The Hall–Kier alpha value is -2.53. The van der Waals surface area contributed by atoms with Crippen LogP contribution in [0.5, 0.6) is 11.5 Å². The number of hydrogen-bond acceptors (Lipinski definition) is 6. The lowest BCUT2D eigenvalue weighted by Gasteiger charge is -2.12. The van der Waals surface area contributed by atoms with E-state index in [4.69, 9.17) is 4.74 Å². The number of anilines is 1.